The molecular weight excluding hydrogens is 338 g/mol. The van der Waals surface area contributed by atoms with Crippen LogP contribution in [0.4, 0.5) is 11.5 Å². The van der Waals surface area contributed by atoms with Gasteiger partial charge in [0.25, 0.3) is 0 Å². The molecule has 3 aromatic heterocycles. The molecule has 0 unspecified atom stereocenters. The maximum atomic E-state index is 5.25. The molecule has 6 heteroatoms. The summed E-state index contributed by atoms with van der Waals surface area (Å²) in [5.74, 6) is 1.74. The zero-order valence-electron chi connectivity index (χ0n) is 14.7. The SMILES string of the molecule is COc1ccc(Nc2c(-c3ccc4[nH]ncc4c3)nc3ccccn23)cc1. The van der Waals surface area contributed by atoms with E-state index < -0.39 is 0 Å². The fourth-order valence-corrected chi connectivity index (χ4v) is 3.22. The lowest BCUT2D eigenvalue weighted by Gasteiger charge is -2.10. The standard InChI is InChI=1S/C21H17N5O/c1-27-17-8-6-16(7-9-17)23-21-20(24-19-4-2-3-11-26(19)21)14-5-10-18-15(12-14)13-22-25-18/h2-13,23H,1H3,(H,22,25). The van der Waals surface area contributed by atoms with Crippen molar-refractivity contribution in [1.29, 1.82) is 0 Å². The minimum Gasteiger partial charge on any atom is -0.497 e. The summed E-state index contributed by atoms with van der Waals surface area (Å²) in [6.07, 6.45) is 3.83. The molecule has 5 rings (SSSR count). The number of hydrogen-bond donors (Lipinski definition) is 2. The van der Waals surface area contributed by atoms with Gasteiger partial charge in [-0.25, -0.2) is 4.98 Å². The molecule has 3 heterocycles. The second kappa shape index (κ2) is 6.17. The highest BCUT2D eigenvalue weighted by Gasteiger charge is 2.15. The number of anilines is 2. The van der Waals surface area contributed by atoms with Gasteiger partial charge in [-0.15, -0.1) is 0 Å². The molecule has 0 amide bonds. The molecule has 0 fully saturated rings. The molecule has 0 aliphatic carbocycles. The largest absolute Gasteiger partial charge is 0.497 e. The maximum absolute atomic E-state index is 5.25. The molecule has 0 aliphatic heterocycles. The molecule has 132 valence electrons. The summed E-state index contributed by atoms with van der Waals surface area (Å²) in [5, 5.41) is 11.7. The number of nitrogens with one attached hydrogen (secondary N) is 2. The number of nitrogens with zero attached hydrogens (tertiary/aromatic N) is 3. The second-order valence-corrected chi connectivity index (χ2v) is 6.26. The highest BCUT2D eigenvalue weighted by atomic mass is 16.5. The molecule has 27 heavy (non-hydrogen) atoms. The van der Waals surface area contributed by atoms with Crippen LogP contribution in [-0.4, -0.2) is 26.7 Å². The number of hydrogen-bond acceptors (Lipinski definition) is 4. The van der Waals surface area contributed by atoms with Crippen molar-refractivity contribution in [2.24, 2.45) is 0 Å². The monoisotopic (exact) mass is 355 g/mol. The maximum Gasteiger partial charge on any atom is 0.143 e. The molecule has 5 aromatic rings. The van der Waals surface area contributed by atoms with Crippen LogP contribution < -0.4 is 10.1 Å². The predicted octanol–water partition coefficient (Wildman–Crippen LogP) is 4.63. The summed E-state index contributed by atoms with van der Waals surface area (Å²) in [4.78, 5) is 4.85. The van der Waals surface area contributed by atoms with Crippen LogP contribution in [-0.2, 0) is 0 Å². The topological polar surface area (TPSA) is 67.2 Å². The summed E-state index contributed by atoms with van der Waals surface area (Å²) >= 11 is 0. The van der Waals surface area contributed by atoms with Crippen molar-refractivity contribution in [3.05, 3.63) is 73.1 Å². The Labute approximate surface area is 155 Å². The van der Waals surface area contributed by atoms with E-state index in [4.69, 9.17) is 9.72 Å². The first-order chi connectivity index (χ1) is 13.3. The van der Waals surface area contributed by atoms with Crippen LogP contribution in [0.25, 0.3) is 27.8 Å². The van der Waals surface area contributed by atoms with Crippen molar-refractivity contribution in [2.75, 3.05) is 12.4 Å². The Morgan fingerprint density at radius 3 is 2.78 bits per heavy atom. The van der Waals surface area contributed by atoms with Crippen LogP contribution in [0.3, 0.4) is 0 Å². The normalized spacial score (nSPS) is 11.1. The summed E-state index contributed by atoms with van der Waals surface area (Å²) in [7, 11) is 1.66. The van der Waals surface area contributed by atoms with Crippen molar-refractivity contribution < 1.29 is 4.74 Å². The van der Waals surface area contributed by atoms with Gasteiger partial charge in [0.05, 0.1) is 18.8 Å². The molecule has 0 spiro atoms. The van der Waals surface area contributed by atoms with E-state index in [0.29, 0.717) is 0 Å². The first-order valence-corrected chi connectivity index (χ1v) is 8.63. The number of rotatable bonds is 4. The second-order valence-electron chi connectivity index (χ2n) is 6.26. The van der Waals surface area contributed by atoms with E-state index in [2.05, 4.69) is 32.0 Å². The highest BCUT2D eigenvalue weighted by Crippen LogP contribution is 2.32. The van der Waals surface area contributed by atoms with Gasteiger partial charge in [0.1, 0.15) is 22.9 Å². The first kappa shape index (κ1) is 15.5. The number of aromatic amines is 1. The van der Waals surface area contributed by atoms with E-state index in [1.807, 2.05) is 60.9 Å². The molecule has 0 saturated carbocycles. The lowest BCUT2D eigenvalue weighted by Crippen LogP contribution is -1.97. The summed E-state index contributed by atoms with van der Waals surface area (Å²) in [5.41, 5.74) is 4.78. The molecule has 0 bridgehead atoms. The van der Waals surface area contributed by atoms with E-state index in [0.717, 1.165) is 45.1 Å². The summed E-state index contributed by atoms with van der Waals surface area (Å²) in [6, 6.07) is 20.0. The van der Waals surface area contributed by atoms with Crippen molar-refractivity contribution in [3.63, 3.8) is 0 Å². The van der Waals surface area contributed by atoms with E-state index in [1.165, 1.54) is 0 Å². The van der Waals surface area contributed by atoms with Gasteiger partial charge < -0.3 is 10.1 Å². The van der Waals surface area contributed by atoms with Crippen molar-refractivity contribution in [2.45, 2.75) is 0 Å². The number of aromatic nitrogens is 4. The van der Waals surface area contributed by atoms with Gasteiger partial charge in [-0.3, -0.25) is 9.50 Å². The zero-order chi connectivity index (χ0) is 18.2. The van der Waals surface area contributed by atoms with Crippen LogP contribution in [0.1, 0.15) is 0 Å². The van der Waals surface area contributed by atoms with E-state index in [-0.39, 0.29) is 0 Å². The van der Waals surface area contributed by atoms with Gasteiger partial charge in [-0.1, -0.05) is 12.1 Å². The average molecular weight is 355 g/mol. The lowest BCUT2D eigenvalue weighted by molar-refractivity contribution is 0.415. The Morgan fingerprint density at radius 2 is 1.93 bits per heavy atom. The Kier molecular flexibility index (Phi) is 3.53. The van der Waals surface area contributed by atoms with Crippen molar-refractivity contribution in [1.82, 2.24) is 19.6 Å². The first-order valence-electron chi connectivity index (χ1n) is 8.63. The van der Waals surface area contributed by atoms with Gasteiger partial charge in [0.15, 0.2) is 0 Å². The molecule has 0 atom stereocenters. The Morgan fingerprint density at radius 1 is 1.04 bits per heavy atom. The van der Waals surface area contributed by atoms with Crippen molar-refractivity contribution in [3.8, 4) is 17.0 Å². The number of methoxy groups -OCH3 is 1. The van der Waals surface area contributed by atoms with Gasteiger partial charge in [-0.05, 0) is 48.5 Å². The quantitative estimate of drug-likeness (QED) is 0.493. The third-order valence-electron chi connectivity index (χ3n) is 4.60. The van der Waals surface area contributed by atoms with Gasteiger partial charge in [0, 0.05) is 22.8 Å². The molecule has 0 radical (unpaired) electrons. The number of imidazole rings is 1. The summed E-state index contributed by atoms with van der Waals surface area (Å²) < 4.78 is 7.30. The van der Waals surface area contributed by atoms with Crippen LogP contribution in [0.15, 0.2) is 73.1 Å². The third kappa shape index (κ3) is 2.67. The Hall–Kier alpha value is -3.80. The fraction of sp³-hybridized carbons (Fsp3) is 0.0476. The summed E-state index contributed by atoms with van der Waals surface area (Å²) in [6.45, 7) is 0. The van der Waals surface area contributed by atoms with Crippen LogP contribution in [0, 0.1) is 0 Å². The van der Waals surface area contributed by atoms with Gasteiger partial charge in [-0.2, -0.15) is 5.10 Å². The van der Waals surface area contributed by atoms with Crippen LogP contribution in [0.2, 0.25) is 0 Å². The molecule has 6 nitrogen and oxygen atoms in total. The number of benzene rings is 2. The molecule has 0 saturated heterocycles. The number of H-pyrrole nitrogens is 1. The third-order valence-corrected chi connectivity index (χ3v) is 4.60. The van der Waals surface area contributed by atoms with Crippen molar-refractivity contribution >= 4 is 28.1 Å². The number of ether oxygens (including phenoxy) is 1. The highest BCUT2D eigenvalue weighted by molar-refractivity contribution is 5.87. The minimum atomic E-state index is 0.823. The average Bonchev–Trinajstić information content (AvgIpc) is 3.33. The number of pyridine rings is 1. The van der Waals surface area contributed by atoms with E-state index in [9.17, 15) is 0 Å². The molecule has 2 N–H and O–H groups in total. The number of fused-ring (bicyclic) bond motifs is 2. The van der Waals surface area contributed by atoms with E-state index in [1.54, 1.807) is 7.11 Å². The van der Waals surface area contributed by atoms with Crippen LogP contribution in [0.5, 0.6) is 5.75 Å². The molecular formula is C21H17N5O. The van der Waals surface area contributed by atoms with Gasteiger partial charge in [0.2, 0.25) is 0 Å². The fourth-order valence-electron chi connectivity index (χ4n) is 3.22. The Bertz CT molecular complexity index is 1240. The zero-order valence-corrected chi connectivity index (χ0v) is 14.7. The van der Waals surface area contributed by atoms with Gasteiger partial charge >= 0.3 is 0 Å². The molecule has 0 aliphatic rings. The van der Waals surface area contributed by atoms with E-state index >= 15 is 0 Å². The molecule has 2 aromatic carbocycles. The Balaban J connectivity index is 1.65. The minimum absolute atomic E-state index is 0.823. The smallest absolute Gasteiger partial charge is 0.143 e. The lowest BCUT2D eigenvalue weighted by atomic mass is 10.1. The van der Waals surface area contributed by atoms with Crippen LogP contribution >= 0.6 is 0 Å². The predicted molar refractivity (Wildman–Crippen MR) is 107 cm³/mol.